The van der Waals surface area contributed by atoms with Crippen LogP contribution in [0.2, 0.25) is 0 Å². The third kappa shape index (κ3) is 2.99. The van der Waals surface area contributed by atoms with E-state index in [0.717, 1.165) is 9.26 Å². The molecule has 0 spiro atoms. The largest absolute Gasteiger partial charge is 0.380 e. The lowest BCUT2D eigenvalue weighted by atomic mass is 10.1. The van der Waals surface area contributed by atoms with E-state index in [1.165, 1.54) is 18.2 Å². The van der Waals surface area contributed by atoms with Gasteiger partial charge in [-0.15, -0.1) is 0 Å². The summed E-state index contributed by atoms with van der Waals surface area (Å²) in [6.45, 7) is 0.431. The van der Waals surface area contributed by atoms with E-state index in [1.807, 2.05) is 24.3 Å². The van der Waals surface area contributed by atoms with Crippen molar-refractivity contribution in [2.45, 2.75) is 6.54 Å². The highest BCUT2D eigenvalue weighted by atomic mass is 127. The Morgan fingerprint density at radius 1 is 1.22 bits per heavy atom. The Bertz CT molecular complexity index is 605. The summed E-state index contributed by atoms with van der Waals surface area (Å²) in [6.07, 6.45) is 0. The van der Waals surface area contributed by atoms with E-state index in [9.17, 15) is 4.39 Å². The van der Waals surface area contributed by atoms with Crippen LogP contribution in [0, 0.1) is 20.7 Å². The lowest BCUT2D eigenvalue weighted by Crippen LogP contribution is -2.03. The average Bonchev–Trinajstić information content (AvgIpc) is 2.38. The molecular formula is C14H10FIN2. The predicted molar refractivity (Wildman–Crippen MR) is 77.6 cm³/mol. The van der Waals surface area contributed by atoms with Gasteiger partial charge in [-0.1, -0.05) is 12.1 Å². The molecule has 2 aromatic rings. The smallest absolute Gasteiger partial charge is 0.123 e. The molecule has 0 aromatic heterocycles. The first kappa shape index (κ1) is 12.8. The van der Waals surface area contributed by atoms with Crippen LogP contribution >= 0.6 is 22.6 Å². The van der Waals surface area contributed by atoms with Gasteiger partial charge in [0.25, 0.3) is 0 Å². The van der Waals surface area contributed by atoms with Crippen LogP contribution in [0.1, 0.15) is 11.1 Å². The third-order valence-corrected chi connectivity index (χ3v) is 3.47. The number of anilines is 1. The zero-order chi connectivity index (χ0) is 13.0. The van der Waals surface area contributed by atoms with Crippen molar-refractivity contribution < 1.29 is 4.39 Å². The maximum Gasteiger partial charge on any atom is 0.123 e. The SMILES string of the molecule is N#Cc1ccc(F)cc1CNc1ccccc1I. The number of rotatable bonds is 3. The minimum Gasteiger partial charge on any atom is -0.380 e. The van der Waals surface area contributed by atoms with Gasteiger partial charge in [0.2, 0.25) is 0 Å². The molecule has 0 aliphatic rings. The molecule has 0 atom stereocenters. The molecule has 0 bridgehead atoms. The summed E-state index contributed by atoms with van der Waals surface area (Å²) in [7, 11) is 0. The zero-order valence-electron chi connectivity index (χ0n) is 9.45. The van der Waals surface area contributed by atoms with Crippen molar-refractivity contribution in [3.8, 4) is 6.07 Å². The van der Waals surface area contributed by atoms with Crippen LogP contribution in [-0.4, -0.2) is 0 Å². The Kier molecular flexibility index (Phi) is 4.15. The Morgan fingerprint density at radius 3 is 2.72 bits per heavy atom. The highest BCUT2D eigenvalue weighted by Crippen LogP contribution is 2.19. The quantitative estimate of drug-likeness (QED) is 0.851. The van der Waals surface area contributed by atoms with Gasteiger partial charge in [0.1, 0.15) is 5.82 Å². The van der Waals surface area contributed by atoms with Gasteiger partial charge in [0.15, 0.2) is 0 Å². The number of hydrogen-bond donors (Lipinski definition) is 1. The van der Waals surface area contributed by atoms with Crippen molar-refractivity contribution in [2.75, 3.05) is 5.32 Å². The summed E-state index contributed by atoms with van der Waals surface area (Å²) in [6, 6.07) is 14.1. The highest BCUT2D eigenvalue weighted by Gasteiger charge is 2.04. The summed E-state index contributed by atoms with van der Waals surface area (Å²) >= 11 is 2.23. The molecule has 90 valence electrons. The molecule has 2 aromatic carbocycles. The van der Waals surface area contributed by atoms with Crippen LogP contribution in [0.15, 0.2) is 42.5 Å². The summed E-state index contributed by atoms with van der Waals surface area (Å²) in [5.74, 6) is -0.325. The molecule has 0 saturated carbocycles. The lowest BCUT2D eigenvalue weighted by molar-refractivity contribution is 0.625. The Morgan fingerprint density at radius 2 is 2.00 bits per heavy atom. The number of benzene rings is 2. The molecule has 0 radical (unpaired) electrons. The molecule has 2 rings (SSSR count). The first-order valence-electron chi connectivity index (χ1n) is 5.37. The molecule has 0 amide bonds. The first-order chi connectivity index (χ1) is 8.70. The predicted octanol–water partition coefficient (Wildman–Crippen LogP) is 3.91. The van der Waals surface area contributed by atoms with Crippen molar-refractivity contribution in [1.29, 1.82) is 5.26 Å². The number of nitriles is 1. The summed E-state index contributed by atoms with van der Waals surface area (Å²) < 4.78 is 14.2. The average molecular weight is 352 g/mol. The van der Waals surface area contributed by atoms with Crippen LogP contribution in [0.4, 0.5) is 10.1 Å². The Balaban J connectivity index is 2.18. The van der Waals surface area contributed by atoms with Gasteiger partial charge in [0, 0.05) is 15.8 Å². The molecular weight excluding hydrogens is 342 g/mol. The molecule has 0 aliphatic carbocycles. The van der Waals surface area contributed by atoms with E-state index >= 15 is 0 Å². The Hall–Kier alpha value is -1.61. The standard InChI is InChI=1S/C14H10FIN2/c15-12-6-5-10(8-17)11(7-12)9-18-14-4-2-1-3-13(14)16/h1-7,18H,9H2. The molecule has 0 saturated heterocycles. The fourth-order valence-corrected chi connectivity index (χ4v) is 2.19. The summed E-state index contributed by atoms with van der Waals surface area (Å²) in [5, 5.41) is 12.2. The molecule has 0 aliphatic heterocycles. The minimum absolute atomic E-state index is 0.325. The van der Waals surface area contributed by atoms with Crippen LogP contribution in [0.5, 0.6) is 0 Å². The topological polar surface area (TPSA) is 35.8 Å². The summed E-state index contributed by atoms with van der Waals surface area (Å²) in [5.41, 5.74) is 2.14. The molecule has 0 heterocycles. The molecule has 0 fully saturated rings. The van der Waals surface area contributed by atoms with E-state index in [1.54, 1.807) is 0 Å². The second-order valence-corrected chi connectivity index (χ2v) is 4.91. The van der Waals surface area contributed by atoms with E-state index in [-0.39, 0.29) is 5.82 Å². The molecule has 4 heteroatoms. The maximum atomic E-state index is 13.1. The van der Waals surface area contributed by atoms with Crippen LogP contribution in [-0.2, 0) is 6.54 Å². The number of halogens is 2. The highest BCUT2D eigenvalue weighted by molar-refractivity contribution is 14.1. The number of hydrogen-bond acceptors (Lipinski definition) is 2. The lowest BCUT2D eigenvalue weighted by Gasteiger charge is -2.09. The molecule has 18 heavy (non-hydrogen) atoms. The van der Waals surface area contributed by atoms with Crippen molar-refractivity contribution >= 4 is 28.3 Å². The van der Waals surface area contributed by atoms with Crippen molar-refractivity contribution in [3.63, 3.8) is 0 Å². The molecule has 2 nitrogen and oxygen atoms in total. The third-order valence-electron chi connectivity index (χ3n) is 2.53. The normalized spacial score (nSPS) is 9.83. The van der Waals surface area contributed by atoms with Crippen LogP contribution < -0.4 is 5.32 Å². The van der Waals surface area contributed by atoms with Crippen molar-refractivity contribution in [1.82, 2.24) is 0 Å². The van der Waals surface area contributed by atoms with Gasteiger partial charge in [0.05, 0.1) is 11.6 Å². The summed E-state index contributed by atoms with van der Waals surface area (Å²) in [4.78, 5) is 0. The number of nitrogens with one attached hydrogen (secondary N) is 1. The molecule has 1 N–H and O–H groups in total. The fourth-order valence-electron chi connectivity index (χ4n) is 1.61. The minimum atomic E-state index is -0.325. The van der Waals surface area contributed by atoms with Crippen LogP contribution in [0.3, 0.4) is 0 Å². The van der Waals surface area contributed by atoms with Gasteiger partial charge < -0.3 is 5.32 Å². The maximum absolute atomic E-state index is 13.1. The second-order valence-electron chi connectivity index (χ2n) is 3.75. The van der Waals surface area contributed by atoms with Crippen molar-refractivity contribution in [2.24, 2.45) is 0 Å². The van der Waals surface area contributed by atoms with Gasteiger partial charge >= 0.3 is 0 Å². The number of para-hydroxylation sites is 1. The van der Waals surface area contributed by atoms with Crippen LogP contribution in [0.25, 0.3) is 0 Å². The van der Waals surface area contributed by atoms with Gasteiger partial charge in [-0.2, -0.15) is 5.26 Å². The van der Waals surface area contributed by atoms with E-state index in [4.69, 9.17) is 5.26 Å². The van der Waals surface area contributed by atoms with Gasteiger partial charge in [-0.3, -0.25) is 0 Å². The van der Waals surface area contributed by atoms with E-state index in [0.29, 0.717) is 17.7 Å². The zero-order valence-corrected chi connectivity index (χ0v) is 11.6. The monoisotopic (exact) mass is 352 g/mol. The molecule has 0 unspecified atom stereocenters. The second kappa shape index (κ2) is 5.83. The van der Waals surface area contributed by atoms with Crippen molar-refractivity contribution in [3.05, 3.63) is 63.0 Å². The first-order valence-corrected chi connectivity index (χ1v) is 6.45. The fraction of sp³-hybridized carbons (Fsp3) is 0.0714. The Labute approximate surface area is 119 Å². The number of nitrogens with zero attached hydrogens (tertiary/aromatic N) is 1. The van der Waals surface area contributed by atoms with Gasteiger partial charge in [-0.25, -0.2) is 4.39 Å². The van der Waals surface area contributed by atoms with E-state index < -0.39 is 0 Å². The van der Waals surface area contributed by atoms with E-state index in [2.05, 4.69) is 34.0 Å². The van der Waals surface area contributed by atoms with Gasteiger partial charge in [-0.05, 0) is 58.5 Å².